The van der Waals surface area contributed by atoms with Gasteiger partial charge in [0.25, 0.3) is 5.91 Å². The van der Waals surface area contributed by atoms with Crippen molar-refractivity contribution in [2.24, 2.45) is 10.1 Å². The van der Waals surface area contributed by atoms with Crippen LogP contribution < -0.4 is 5.01 Å². The molecule has 1 aromatic rings. The van der Waals surface area contributed by atoms with Gasteiger partial charge in [-0.25, -0.2) is 9.59 Å². The quantitative estimate of drug-likeness (QED) is 0.629. The number of amides is 1. The van der Waals surface area contributed by atoms with Crippen LogP contribution >= 0.6 is 0 Å². The number of carboxylic acid groups (broad SMARTS) is 1. The van der Waals surface area contributed by atoms with Crippen molar-refractivity contribution in [2.45, 2.75) is 6.42 Å². The first kappa shape index (κ1) is 11.7. The Hall–Kier alpha value is -2.79. The van der Waals surface area contributed by atoms with E-state index in [1.54, 1.807) is 18.2 Å². The van der Waals surface area contributed by atoms with Crippen LogP contribution in [-0.2, 0) is 14.4 Å². The fourth-order valence-corrected chi connectivity index (χ4v) is 1.50. The molecule has 1 aromatic carbocycles. The lowest BCUT2D eigenvalue weighted by molar-refractivity contribution is -0.129. The van der Waals surface area contributed by atoms with Crippen LogP contribution in [0.1, 0.15) is 6.42 Å². The molecule has 2 rings (SSSR count). The minimum absolute atomic E-state index is 0.218. The third kappa shape index (κ3) is 2.16. The SMILES string of the molecule is O=C=Nc1cccc(N2N=C(C(=O)O)CC2=O)c1. The second-order valence-corrected chi connectivity index (χ2v) is 3.46. The van der Waals surface area contributed by atoms with Gasteiger partial charge in [0.05, 0.1) is 17.8 Å². The van der Waals surface area contributed by atoms with Gasteiger partial charge in [0.2, 0.25) is 6.08 Å². The van der Waals surface area contributed by atoms with E-state index in [1.807, 2.05) is 0 Å². The highest BCUT2D eigenvalue weighted by molar-refractivity contribution is 6.42. The summed E-state index contributed by atoms with van der Waals surface area (Å²) in [6, 6.07) is 6.14. The number of carbonyl (C=O) groups is 2. The average molecular weight is 245 g/mol. The summed E-state index contributed by atoms with van der Waals surface area (Å²) in [6.07, 6.45) is 1.13. The molecule has 1 N–H and O–H groups in total. The molecule has 1 aliphatic heterocycles. The second-order valence-electron chi connectivity index (χ2n) is 3.46. The number of rotatable bonds is 3. The third-order valence-corrected chi connectivity index (χ3v) is 2.27. The Kier molecular flexibility index (Phi) is 2.99. The lowest BCUT2D eigenvalue weighted by Gasteiger charge is -2.11. The Balaban J connectivity index is 2.37. The van der Waals surface area contributed by atoms with E-state index in [0.29, 0.717) is 11.4 Å². The summed E-state index contributed by atoms with van der Waals surface area (Å²) in [5.41, 5.74) is 0.450. The number of hydrazone groups is 1. The molecule has 0 aliphatic carbocycles. The molecule has 0 aromatic heterocycles. The van der Waals surface area contributed by atoms with Crippen LogP contribution in [0.15, 0.2) is 34.4 Å². The number of benzene rings is 1. The second kappa shape index (κ2) is 4.60. The molecule has 90 valence electrons. The Morgan fingerprint density at radius 3 is 2.89 bits per heavy atom. The first-order valence-electron chi connectivity index (χ1n) is 4.93. The van der Waals surface area contributed by atoms with Crippen LogP contribution in [0.25, 0.3) is 0 Å². The van der Waals surface area contributed by atoms with Crippen molar-refractivity contribution in [1.29, 1.82) is 0 Å². The van der Waals surface area contributed by atoms with Gasteiger partial charge < -0.3 is 5.11 Å². The van der Waals surface area contributed by atoms with E-state index in [-0.39, 0.29) is 12.1 Å². The van der Waals surface area contributed by atoms with Crippen molar-refractivity contribution in [3.05, 3.63) is 24.3 Å². The van der Waals surface area contributed by atoms with E-state index in [9.17, 15) is 14.4 Å². The molecule has 7 nitrogen and oxygen atoms in total. The van der Waals surface area contributed by atoms with Gasteiger partial charge in [-0.2, -0.15) is 15.1 Å². The molecule has 18 heavy (non-hydrogen) atoms. The highest BCUT2D eigenvalue weighted by Crippen LogP contribution is 2.24. The highest BCUT2D eigenvalue weighted by atomic mass is 16.4. The number of carboxylic acids is 1. The summed E-state index contributed by atoms with van der Waals surface area (Å²) in [4.78, 5) is 35.9. The van der Waals surface area contributed by atoms with E-state index in [0.717, 1.165) is 5.01 Å². The van der Waals surface area contributed by atoms with Gasteiger partial charge in [-0.15, -0.1) is 0 Å². The van der Waals surface area contributed by atoms with Crippen LogP contribution in [-0.4, -0.2) is 28.8 Å². The number of nitrogens with zero attached hydrogens (tertiary/aromatic N) is 3. The smallest absolute Gasteiger partial charge is 0.352 e. The zero-order chi connectivity index (χ0) is 13.1. The van der Waals surface area contributed by atoms with E-state index in [2.05, 4.69) is 10.1 Å². The average Bonchev–Trinajstić information content (AvgIpc) is 2.72. The van der Waals surface area contributed by atoms with Gasteiger partial charge in [-0.05, 0) is 18.2 Å². The van der Waals surface area contributed by atoms with Crippen LogP contribution in [0, 0.1) is 0 Å². The number of aliphatic imine (C=N–C) groups is 1. The highest BCUT2D eigenvalue weighted by Gasteiger charge is 2.29. The number of anilines is 1. The van der Waals surface area contributed by atoms with Gasteiger partial charge in [0.1, 0.15) is 0 Å². The number of hydrogen-bond donors (Lipinski definition) is 1. The minimum atomic E-state index is -1.23. The van der Waals surface area contributed by atoms with Crippen LogP contribution in [0.5, 0.6) is 0 Å². The molecule has 1 amide bonds. The molecular formula is C11H7N3O4. The Bertz CT molecular complexity index is 602. The standard InChI is InChI=1S/C11H7N3O4/c15-6-12-7-2-1-3-8(4-7)14-10(16)5-9(13-14)11(17)18/h1-4H,5H2,(H,17,18). The molecule has 1 aliphatic rings. The van der Waals surface area contributed by atoms with Gasteiger partial charge in [0, 0.05) is 0 Å². The zero-order valence-electron chi connectivity index (χ0n) is 9.03. The summed E-state index contributed by atoms with van der Waals surface area (Å²) in [5, 5.41) is 13.4. The molecule has 1 heterocycles. The molecule has 0 unspecified atom stereocenters. The van der Waals surface area contributed by atoms with Crippen LogP contribution in [0.2, 0.25) is 0 Å². The van der Waals surface area contributed by atoms with Crippen molar-refractivity contribution in [3.63, 3.8) is 0 Å². The van der Waals surface area contributed by atoms with Crippen LogP contribution in [0.4, 0.5) is 11.4 Å². The lowest BCUT2D eigenvalue weighted by atomic mass is 10.2. The topological polar surface area (TPSA) is 99.4 Å². The number of aliphatic carboxylic acids is 1. The van der Waals surface area contributed by atoms with E-state index in [1.165, 1.54) is 12.1 Å². The molecule has 0 spiro atoms. The molecule has 7 heteroatoms. The number of carbonyl (C=O) groups excluding carboxylic acids is 2. The Morgan fingerprint density at radius 2 is 2.28 bits per heavy atom. The first-order chi connectivity index (χ1) is 8.61. The van der Waals surface area contributed by atoms with Crippen molar-refractivity contribution in [3.8, 4) is 0 Å². The third-order valence-electron chi connectivity index (χ3n) is 2.27. The summed E-state index contributed by atoms with van der Waals surface area (Å²) >= 11 is 0. The fourth-order valence-electron chi connectivity index (χ4n) is 1.50. The van der Waals surface area contributed by atoms with Gasteiger partial charge in [-0.1, -0.05) is 6.07 Å². The van der Waals surface area contributed by atoms with E-state index in [4.69, 9.17) is 5.11 Å². The van der Waals surface area contributed by atoms with Crippen molar-refractivity contribution in [2.75, 3.05) is 5.01 Å². The predicted octanol–water partition coefficient (Wildman–Crippen LogP) is 0.831. The maximum Gasteiger partial charge on any atom is 0.352 e. The predicted molar refractivity (Wildman–Crippen MR) is 61.4 cm³/mol. The summed E-state index contributed by atoms with van der Waals surface area (Å²) in [5.74, 6) is -1.67. The molecule has 0 radical (unpaired) electrons. The van der Waals surface area contributed by atoms with E-state index >= 15 is 0 Å². The molecule has 0 atom stereocenters. The molecule has 0 saturated carbocycles. The summed E-state index contributed by atoms with van der Waals surface area (Å²) in [6.45, 7) is 0. The largest absolute Gasteiger partial charge is 0.477 e. The molecule has 0 saturated heterocycles. The zero-order valence-corrected chi connectivity index (χ0v) is 9.03. The monoisotopic (exact) mass is 245 g/mol. The maximum atomic E-state index is 11.6. The lowest BCUT2D eigenvalue weighted by Crippen LogP contribution is -2.19. The summed E-state index contributed by atoms with van der Waals surface area (Å²) in [7, 11) is 0. The first-order valence-corrected chi connectivity index (χ1v) is 4.93. The Labute approximate surface area is 101 Å². The Morgan fingerprint density at radius 1 is 1.50 bits per heavy atom. The summed E-state index contributed by atoms with van der Waals surface area (Å²) < 4.78 is 0. The van der Waals surface area contributed by atoms with Gasteiger partial charge in [0.15, 0.2) is 5.71 Å². The van der Waals surface area contributed by atoms with Crippen LogP contribution in [0.3, 0.4) is 0 Å². The fraction of sp³-hybridized carbons (Fsp3) is 0.0909. The van der Waals surface area contributed by atoms with Crippen molar-refractivity contribution >= 4 is 35.0 Å². The molecule has 0 bridgehead atoms. The van der Waals surface area contributed by atoms with Crippen molar-refractivity contribution < 1.29 is 19.5 Å². The number of isocyanates is 1. The molecule has 0 fully saturated rings. The van der Waals surface area contributed by atoms with Gasteiger partial charge in [-0.3, -0.25) is 4.79 Å². The normalized spacial score (nSPS) is 14.1. The van der Waals surface area contributed by atoms with Gasteiger partial charge >= 0.3 is 5.97 Å². The molecular weight excluding hydrogens is 238 g/mol. The number of hydrogen-bond acceptors (Lipinski definition) is 5. The minimum Gasteiger partial charge on any atom is -0.477 e. The van der Waals surface area contributed by atoms with Crippen molar-refractivity contribution in [1.82, 2.24) is 0 Å². The van der Waals surface area contributed by atoms with E-state index < -0.39 is 11.9 Å². The maximum absolute atomic E-state index is 11.6.